The first-order valence-corrected chi connectivity index (χ1v) is 9.99. The van der Waals surface area contributed by atoms with E-state index in [1.165, 1.54) is 32.9 Å². The highest BCUT2D eigenvalue weighted by Crippen LogP contribution is 2.21. The maximum Gasteiger partial charge on any atom is 0.705 e. The Bertz CT molecular complexity index is 561. The fourth-order valence-corrected chi connectivity index (χ4v) is 4.80. The molecule has 1 aromatic rings. The molecule has 0 radical (unpaired) electrons. The molecule has 0 aliphatic carbocycles. The molecule has 1 aromatic carbocycles. The minimum absolute atomic E-state index is 0.176. The molecule has 0 saturated carbocycles. The number of carbonyl (C=O) groups is 3. The van der Waals surface area contributed by atoms with E-state index in [0.29, 0.717) is 6.42 Å². The molecule has 0 heterocycles. The van der Waals surface area contributed by atoms with Gasteiger partial charge >= 0.3 is 8.80 Å². The number of hydrogen-bond donors (Lipinski definition) is 0. The van der Waals surface area contributed by atoms with Crippen LogP contribution in [0.2, 0.25) is 6.04 Å². The van der Waals surface area contributed by atoms with Gasteiger partial charge in [-0.1, -0.05) is 18.6 Å². The summed E-state index contributed by atoms with van der Waals surface area (Å²) in [5.41, 5.74) is 1.02. The number of halogens is 1. The zero-order valence-corrected chi connectivity index (χ0v) is 15.7. The molecule has 6 nitrogen and oxygen atoms in total. The second-order valence-electron chi connectivity index (χ2n) is 5.65. The van der Waals surface area contributed by atoms with Crippen LogP contribution in [0.1, 0.15) is 45.6 Å². The molecule has 25 heavy (non-hydrogen) atoms. The van der Waals surface area contributed by atoms with Crippen LogP contribution in [0.4, 0.5) is 4.39 Å². The minimum Gasteiger partial charge on any atom is -0.455 e. The van der Waals surface area contributed by atoms with E-state index in [-0.39, 0.29) is 11.9 Å². The number of unbranched alkanes of at least 4 members (excludes halogenated alkanes) is 2. The number of benzene rings is 1. The predicted octanol–water partition coefficient (Wildman–Crippen LogP) is 3.17. The normalized spacial score (nSPS) is 10.9. The molecule has 0 spiro atoms. The fraction of sp³-hybridized carbons (Fsp3) is 0.471. The van der Waals surface area contributed by atoms with Crippen molar-refractivity contribution in [1.29, 1.82) is 0 Å². The highest BCUT2D eigenvalue weighted by molar-refractivity contribution is 6.65. The van der Waals surface area contributed by atoms with Gasteiger partial charge < -0.3 is 13.3 Å². The van der Waals surface area contributed by atoms with Crippen LogP contribution in [-0.2, 0) is 34.1 Å². The standard InChI is InChI=1S/C17H23FO6Si/c1-13(19)22-25(23-14(2)20,24-15(3)21)12-6-4-5-7-16-8-10-17(18)11-9-16/h8-11H,4-7,12H2,1-3H3. The van der Waals surface area contributed by atoms with E-state index in [2.05, 4.69) is 0 Å². The van der Waals surface area contributed by atoms with Gasteiger partial charge in [0.25, 0.3) is 17.9 Å². The molecule has 0 aliphatic heterocycles. The summed E-state index contributed by atoms with van der Waals surface area (Å²) in [5, 5.41) is 0. The first-order chi connectivity index (χ1) is 11.7. The van der Waals surface area contributed by atoms with Gasteiger partial charge in [0, 0.05) is 20.8 Å². The van der Waals surface area contributed by atoms with Gasteiger partial charge in [-0.2, -0.15) is 0 Å². The molecular formula is C17H23FO6Si. The molecule has 0 aliphatic rings. The van der Waals surface area contributed by atoms with Crippen molar-refractivity contribution < 1.29 is 32.1 Å². The summed E-state index contributed by atoms with van der Waals surface area (Å²) in [6.45, 7) is 3.51. The van der Waals surface area contributed by atoms with Crippen molar-refractivity contribution in [3.63, 3.8) is 0 Å². The van der Waals surface area contributed by atoms with Crippen molar-refractivity contribution in [3.05, 3.63) is 35.6 Å². The van der Waals surface area contributed by atoms with Crippen LogP contribution in [0, 0.1) is 5.82 Å². The highest BCUT2D eigenvalue weighted by atomic mass is 28.4. The maximum atomic E-state index is 12.9. The first kappa shape index (κ1) is 20.8. The number of aryl methyl sites for hydroxylation is 1. The highest BCUT2D eigenvalue weighted by Gasteiger charge is 2.51. The van der Waals surface area contributed by atoms with E-state index >= 15 is 0 Å². The summed E-state index contributed by atoms with van der Waals surface area (Å²) in [5.74, 6) is -2.27. The predicted molar refractivity (Wildman–Crippen MR) is 89.8 cm³/mol. The Morgan fingerprint density at radius 2 is 1.32 bits per heavy atom. The van der Waals surface area contributed by atoms with E-state index in [1.54, 1.807) is 12.1 Å². The Morgan fingerprint density at radius 3 is 1.76 bits per heavy atom. The summed E-state index contributed by atoms with van der Waals surface area (Å²) in [6, 6.07) is 6.45. The minimum atomic E-state index is -3.72. The van der Waals surface area contributed by atoms with Crippen LogP contribution in [0.5, 0.6) is 0 Å². The number of rotatable bonds is 9. The lowest BCUT2D eigenvalue weighted by atomic mass is 10.1. The molecule has 0 N–H and O–H groups in total. The molecule has 0 fully saturated rings. The molecule has 0 aromatic heterocycles. The molecule has 0 amide bonds. The van der Waals surface area contributed by atoms with Crippen LogP contribution in [0.15, 0.2) is 24.3 Å². The third-order valence-electron chi connectivity index (χ3n) is 3.26. The van der Waals surface area contributed by atoms with Crippen LogP contribution in [0.25, 0.3) is 0 Å². The van der Waals surface area contributed by atoms with Gasteiger partial charge in [-0.15, -0.1) is 0 Å². The molecule has 0 saturated heterocycles. The SMILES string of the molecule is CC(=O)O[Si](CCCCCc1ccc(F)cc1)(OC(C)=O)OC(C)=O. The number of hydrogen-bond acceptors (Lipinski definition) is 6. The third kappa shape index (κ3) is 8.44. The van der Waals surface area contributed by atoms with Gasteiger partial charge in [0.15, 0.2) is 0 Å². The molecule has 0 unspecified atom stereocenters. The lowest BCUT2D eigenvalue weighted by Crippen LogP contribution is -2.49. The van der Waals surface area contributed by atoms with Crippen LogP contribution in [-0.4, -0.2) is 26.7 Å². The van der Waals surface area contributed by atoms with Crippen molar-refractivity contribution in [2.24, 2.45) is 0 Å². The Balaban J connectivity index is 2.57. The number of carbonyl (C=O) groups excluding carboxylic acids is 3. The summed E-state index contributed by atoms with van der Waals surface area (Å²) in [7, 11) is -3.72. The van der Waals surface area contributed by atoms with E-state index < -0.39 is 26.7 Å². The lowest BCUT2D eigenvalue weighted by Gasteiger charge is -2.26. The molecule has 0 bridgehead atoms. The van der Waals surface area contributed by atoms with Crippen molar-refractivity contribution in [3.8, 4) is 0 Å². The van der Waals surface area contributed by atoms with Crippen molar-refractivity contribution >= 4 is 26.7 Å². The van der Waals surface area contributed by atoms with Crippen LogP contribution >= 0.6 is 0 Å². The Kier molecular flexibility index (Phi) is 8.27. The van der Waals surface area contributed by atoms with Gasteiger partial charge in [-0.05, 0) is 37.0 Å². The zero-order chi connectivity index (χ0) is 18.9. The average molecular weight is 370 g/mol. The zero-order valence-electron chi connectivity index (χ0n) is 14.7. The van der Waals surface area contributed by atoms with Gasteiger partial charge in [0.1, 0.15) is 5.82 Å². The third-order valence-corrected chi connectivity index (χ3v) is 6.02. The smallest absolute Gasteiger partial charge is 0.455 e. The summed E-state index contributed by atoms with van der Waals surface area (Å²) >= 11 is 0. The van der Waals surface area contributed by atoms with Crippen molar-refractivity contribution in [2.45, 2.75) is 52.5 Å². The Hall–Kier alpha value is -2.22. The summed E-state index contributed by atoms with van der Waals surface area (Å²) in [6.07, 6.45) is 2.89. The van der Waals surface area contributed by atoms with Crippen LogP contribution in [0.3, 0.4) is 0 Å². The van der Waals surface area contributed by atoms with Gasteiger partial charge in [0.05, 0.1) is 6.04 Å². The monoisotopic (exact) mass is 370 g/mol. The van der Waals surface area contributed by atoms with E-state index in [9.17, 15) is 18.8 Å². The van der Waals surface area contributed by atoms with Gasteiger partial charge in [0.2, 0.25) is 0 Å². The molecular weight excluding hydrogens is 347 g/mol. The lowest BCUT2D eigenvalue weighted by molar-refractivity contribution is -0.147. The largest absolute Gasteiger partial charge is 0.705 e. The van der Waals surface area contributed by atoms with Gasteiger partial charge in [-0.25, -0.2) is 4.39 Å². The second kappa shape index (κ2) is 9.92. The Labute approximate surface area is 147 Å². The Morgan fingerprint density at radius 1 is 0.840 bits per heavy atom. The fourth-order valence-electron chi connectivity index (χ4n) is 2.37. The van der Waals surface area contributed by atoms with Crippen LogP contribution < -0.4 is 0 Å². The summed E-state index contributed by atoms with van der Waals surface area (Å²) in [4.78, 5) is 34.0. The summed E-state index contributed by atoms with van der Waals surface area (Å²) < 4.78 is 28.2. The second-order valence-corrected chi connectivity index (χ2v) is 8.13. The molecule has 1 rings (SSSR count). The van der Waals surface area contributed by atoms with Gasteiger partial charge in [-0.3, -0.25) is 14.4 Å². The quantitative estimate of drug-likeness (QED) is 0.491. The molecule has 138 valence electrons. The topological polar surface area (TPSA) is 78.9 Å². The van der Waals surface area contributed by atoms with Crippen molar-refractivity contribution in [1.82, 2.24) is 0 Å². The average Bonchev–Trinajstić information content (AvgIpc) is 2.46. The maximum absolute atomic E-state index is 12.9. The van der Waals surface area contributed by atoms with E-state index in [1.807, 2.05) is 0 Å². The van der Waals surface area contributed by atoms with E-state index in [0.717, 1.165) is 24.8 Å². The molecule has 0 atom stereocenters. The first-order valence-electron chi connectivity index (χ1n) is 8.05. The van der Waals surface area contributed by atoms with Crippen molar-refractivity contribution in [2.75, 3.05) is 0 Å². The van der Waals surface area contributed by atoms with E-state index in [4.69, 9.17) is 13.3 Å². The molecule has 8 heteroatoms.